The second kappa shape index (κ2) is 7.38. The van der Waals surface area contributed by atoms with E-state index in [1.165, 1.54) is 0 Å². The summed E-state index contributed by atoms with van der Waals surface area (Å²) in [4.78, 5) is 18.8. The van der Waals surface area contributed by atoms with Crippen molar-refractivity contribution in [3.05, 3.63) is 42.5 Å². The summed E-state index contributed by atoms with van der Waals surface area (Å²) in [6.07, 6.45) is 7.99. The monoisotopic (exact) mass is 329 g/mol. The molecule has 6 heteroatoms. The van der Waals surface area contributed by atoms with Gasteiger partial charge in [0.2, 0.25) is 5.91 Å². The Morgan fingerprint density at radius 2 is 2.21 bits per heavy atom. The predicted molar refractivity (Wildman–Crippen MR) is 90.3 cm³/mol. The highest BCUT2D eigenvalue weighted by molar-refractivity contribution is 5.79. The van der Waals surface area contributed by atoms with Crippen LogP contribution < -0.4 is 9.47 Å². The second-order valence-corrected chi connectivity index (χ2v) is 6.00. The van der Waals surface area contributed by atoms with Crippen molar-refractivity contribution in [2.24, 2.45) is 0 Å². The Morgan fingerprint density at radius 3 is 2.92 bits per heavy atom. The Balaban J connectivity index is 1.68. The van der Waals surface area contributed by atoms with E-state index in [1.807, 2.05) is 35.6 Å². The second-order valence-electron chi connectivity index (χ2n) is 6.00. The molecule has 0 unspecified atom stereocenters. The van der Waals surface area contributed by atoms with Crippen LogP contribution in [0.2, 0.25) is 0 Å². The summed E-state index contributed by atoms with van der Waals surface area (Å²) in [6, 6.07) is 5.87. The number of benzene rings is 1. The number of carbonyl (C=O) groups excluding carboxylic acids is 1. The number of imidazole rings is 1. The van der Waals surface area contributed by atoms with Crippen molar-refractivity contribution in [1.29, 1.82) is 0 Å². The number of hydrogen-bond acceptors (Lipinski definition) is 4. The average Bonchev–Trinajstić information content (AvgIpc) is 3.17. The van der Waals surface area contributed by atoms with E-state index in [-0.39, 0.29) is 5.91 Å². The van der Waals surface area contributed by atoms with Crippen molar-refractivity contribution >= 4 is 5.91 Å². The van der Waals surface area contributed by atoms with Crippen LogP contribution in [-0.4, -0.2) is 47.7 Å². The first-order chi connectivity index (χ1) is 11.7. The molecule has 1 aliphatic rings. The third-order valence-corrected chi connectivity index (χ3v) is 4.53. The third-order valence-electron chi connectivity index (χ3n) is 4.53. The molecular formula is C18H23N3O3. The number of hydrogen-bond donors (Lipinski definition) is 0. The van der Waals surface area contributed by atoms with Crippen molar-refractivity contribution < 1.29 is 14.3 Å². The van der Waals surface area contributed by atoms with E-state index in [0.717, 1.165) is 37.2 Å². The van der Waals surface area contributed by atoms with Crippen molar-refractivity contribution in [2.75, 3.05) is 27.3 Å². The number of piperidine rings is 1. The number of amides is 1. The smallest absolute Gasteiger partial charge is 0.227 e. The lowest BCUT2D eigenvalue weighted by Crippen LogP contribution is -2.41. The fourth-order valence-corrected chi connectivity index (χ4v) is 3.18. The van der Waals surface area contributed by atoms with Crippen LogP contribution in [0.25, 0.3) is 0 Å². The van der Waals surface area contributed by atoms with Crippen molar-refractivity contribution in [3.8, 4) is 11.5 Å². The number of rotatable bonds is 5. The minimum Gasteiger partial charge on any atom is -0.497 e. The Hall–Kier alpha value is -2.50. The number of likely N-dealkylation sites (tertiary alicyclic amines) is 1. The van der Waals surface area contributed by atoms with Crippen molar-refractivity contribution in [2.45, 2.75) is 25.3 Å². The Labute approximate surface area is 142 Å². The molecule has 1 aromatic carbocycles. The van der Waals surface area contributed by atoms with Gasteiger partial charge in [0.05, 0.1) is 33.0 Å². The van der Waals surface area contributed by atoms with Gasteiger partial charge in [-0.05, 0) is 18.9 Å². The molecule has 0 radical (unpaired) electrons. The summed E-state index contributed by atoms with van der Waals surface area (Å²) in [5.41, 5.74) is 0.882. The molecule has 0 aliphatic carbocycles. The average molecular weight is 329 g/mol. The molecule has 0 saturated carbocycles. The molecule has 24 heavy (non-hydrogen) atoms. The van der Waals surface area contributed by atoms with Gasteiger partial charge in [0.25, 0.3) is 0 Å². The fraction of sp³-hybridized carbons (Fsp3) is 0.444. The van der Waals surface area contributed by atoms with E-state index >= 15 is 0 Å². The summed E-state index contributed by atoms with van der Waals surface area (Å²) in [6.45, 7) is 1.54. The van der Waals surface area contributed by atoms with Gasteiger partial charge >= 0.3 is 0 Å². The van der Waals surface area contributed by atoms with Crippen LogP contribution in [0, 0.1) is 0 Å². The normalized spacial score (nSPS) is 17.6. The molecule has 3 rings (SSSR count). The van der Waals surface area contributed by atoms with E-state index in [9.17, 15) is 4.79 Å². The van der Waals surface area contributed by atoms with Gasteiger partial charge in [-0.15, -0.1) is 0 Å². The lowest BCUT2D eigenvalue weighted by molar-refractivity contribution is -0.132. The first-order valence-corrected chi connectivity index (χ1v) is 8.17. The first-order valence-electron chi connectivity index (χ1n) is 8.17. The first kappa shape index (κ1) is 16.4. The number of carbonyl (C=O) groups is 1. The van der Waals surface area contributed by atoms with Gasteiger partial charge in [0.15, 0.2) is 0 Å². The molecule has 2 aromatic rings. The van der Waals surface area contributed by atoms with E-state index in [2.05, 4.69) is 9.55 Å². The van der Waals surface area contributed by atoms with Gasteiger partial charge in [0.1, 0.15) is 11.5 Å². The quantitative estimate of drug-likeness (QED) is 0.845. The molecule has 6 nitrogen and oxygen atoms in total. The maximum atomic E-state index is 12.7. The number of nitrogens with zero attached hydrogens (tertiary/aromatic N) is 3. The zero-order chi connectivity index (χ0) is 16.9. The maximum absolute atomic E-state index is 12.7. The Kier molecular flexibility index (Phi) is 5.03. The number of methoxy groups -OCH3 is 2. The molecule has 1 saturated heterocycles. The molecule has 2 heterocycles. The SMILES string of the molecule is COc1ccc(CC(=O)N2CCC[C@H](n3ccnc3)C2)c(OC)c1. The lowest BCUT2D eigenvalue weighted by Gasteiger charge is -2.33. The van der Waals surface area contributed by atoms with Crippen LogP contribution in [0.5, 0.6) is 11.5 Å². The molecule has 1 fully saturated rings. The number of aromatic nitrogens is 2. The van der Waals surface area contributed by atoms with E-state index in [1.54, 1.807) is 20.4 Å². The summed E-state index contributed by atoms with van der Waals surface area (Å²) >= 11 is 0. The van der Waals surface area contributed by atoms with Crippen LogP contribution in [0.15, 0.2) is 36.9 Å². The lowest BCUT2D eigenvalue weighted by atomic mass is 10.0. The summed E-state index contributed by atoms with van der Waals surface area (Å²) in [7, 11) is 3.22. The molecular weight excluding hydrogens is 306 g/mol. The third kappa shape index (κ3) is 3.53. The van der Waals surface area contributed by atoms with E-state index in [0.29, 0.717) is 18.2 Å². The topological polar surface area (TPSA) is 56.6 Å². The highest BCUT2D eigenvalue weighted by atomic mass is 16.5. The fourth-order valence-electron chi connectivity index (χ4n) is 3.18. The summed E-state index contributed by atoms with van der Waals surface area (Å²) in [5.74, 6) is 1.54. The van der Waals surface area contributed by atoms with Gasteiger partial charge < -0.3 is 18.9 Å². The van der Waals surface area contributed by atoms with Gasteiger partial charge in [-0.1, -0.05) is 6.07 Å². The molecule has 0 N–H and O–H groups in total. The predicted octanol–water partition coefficient (Wildman–Crippen LogP) is 2.31. The van der Waals surface area contributed by atoms with Crippen LogP contribution in [-0.2, 0) is 11.2 Å². The van der Waals surface area contributed by atoms with Gasteiger partial charge in [-0.2, -0.15) is 0 Å². The van der Waals surface area contributed by atoms with Crippen molar-refractivity contribution in [3.63, 3.8) is 0 Å². The number of ether oxygens (including phenoxy) is 2. The van der Waals surface area contributed by atoms with Gasteiger partial charge in [-0.3, -0.25) is 4.79 Å². The summed E-state index contributed by atoms with van der Waals surface area (Å²) < 4.78 is 12.7. The molecule has 1 amide bonds. The summed E-state index contributed by atoms with van der Waals surface area (Å²) in [5, 5.41) is 0. The van der Waals surface area contributed by atoms with Gasteiger partial charge in [-0.25, -0.2) is 4.98 Å². The van der Waals surface area contributed by atoms with Crippen LogP contribution >= 0.6 is 0 Å². The van der Waals surface area contributed by atoms with Gasteiger partial charge in [0, 0.05) is 37.1 Å². The minimum atomic E-state index is 0.128. The molecule has 0 spiro atoms. The van der Waals surface area contributed by atoms with Crippen LogP contribution in [0.3, 0.4) is 0 Å². The standard InChI is InChI=1S/C18H23N3O3/c1-23-16-6-5-14(17(11-16)24-2)10-18(22)20-8-3-4-15(12-20)21-9-7-19-13-21/h5-7,9,11,13,15H,3-4,8,10,12H2,1-2H3/t15-/m0/s1. The molecule has 128 valence electrons. The zero-order valence-corrected chi connectivity index (χ0v) is 14.1. The van der Waals surface area contributed by atoms with Crippen molar-refractivity contribution in [1.82, 2.24) is 14.5 Å². The maximum Gasteiger partial charge on any atom is 0.227 e. The highest BCUT2D eigenvalue weighted by Crippen LogP contribution is 2.27. The van der Waals surface area contributed by atoms with Crippen LogP contribution in [0.1, 0.15) is 24.4 Å². The highest BCUT2D eigenvalue weighted by Gasteiger charge is 2.25. The molecule has 1 aromatic heterocycles. The van der Waals surface area contributed by atoms with Crippen LogP contribution in [0.4, 0.5) is 0 Å². The molecule has 1 aliphatic heterocycles. The minimum absolute atomic E-state index is 0.128. The van der Waals surface area contributed by atoms with E-state index in [4.69, 9.17) is 9.47 Å². The zero-order valence-electron chi connectivity index (χ0n) is 14.1. The molecule has 0 bridgehead atoms. The molecule has 1 atom stereocenters. The van der Waals surface area contributed by atoms with E-state index < -0.39 is 0 Å². The Morgan fingerprint density at radius 1 is 1.33 bits per heavy atom. The Bertz CT molecular complexity index is 685. The largest absolute Gasteiger partial charge is 0.497 e.